The van der Waals surface area contributed by atoms with Gasteiger partial charge in [0, 0.05) is 16.6 Å². The maximum Gasteiger partial charge on any atom is 0.372 e. The van der Waals surface area contributed by atoms with E-state index in [-0.39, 0.29) is 17.7 Å². The molecular formula is C22H28N2O4. The molecule has 2 aromatic rings. The van der Waals surface area contributed by atoms with Crippen molar-refractivity contribution in [1.82, 2.24) is 4.90 Å². The first kappa shape index (κ1) is 19.0. The highest BCUT2D eigenvalue weighted by Crippen LogP contribution is 2.39. The zero-order valence-corrected chi connectivity index (χ0v) is 16.5. The number of rotatable bonds is 4. The Morgan fingerprint density at radius 3 is 2.64 bits per heavy atom. The Labute approximate surface area is 164 Å². The van der Waals surface area contributed by atoms with Crippen molar-refractivity contribution in [2.24, 2.45) is 11.8 Å². The number of fused-ring (bicyclic) bond motifs is 1. The second-order valence-corrected chi connectivity index (χ2v) is 8.34. The molecule has 2 atom stereocenters. The predicted molar refractivity (Wildman–Crippen MR) is 108 cm³/mol. The van der Waals surface area contributed by atoms with Crippen LogP contribution < -0.4 is 5.32 Å². The topological polar surface area (TPSA) is 82.8 Å². The summed E-state index contributed by atoms with van der Waals surface area (Å²) in [6.07, 6.45) is 7.43. The van der Waals surface area contributed by atoms with Crippen molar-refractivity contribution in [1.29, 1.82) is 0 Å². The average molecular weight is 384 g/mol. The summed E-state index contributed by atoms with van der Waals surface area (Å²) in [7, 11) is 2.04. The van der Waals surface area contributed by atoms with E-state index in [1.54, 1.807) is 19.1 Å². The molecule has 1 saturated heterocycles. The molecule has 4 rings (SSSR count). The summed E-state index contributed by atoms with van der Waals surface area (Å²) < 4.78 is 5.41. The molecule has 6 nitrogen and oxygen atoms in total. The number of aryl methyl sites for hydroxylation is 1. The van der Waals surface area contributed by atoms with Gasteiger partial charge in [0.1, 0.15) is 5.58 Å². The van der Waals surface area contributed by atoms with Gasteiger partial charge in [-0.2, -0.15) is 0 Å². The molecule has 150 valence electrons. The Hall–Kier alpha value is -2.34. The highest BCUT2D eigenvalue weighted by molar-refractivity contribution is 5.99. The summed E-state index contributed by atoms with van der Waals surface area (Å²) in [6.45, 7) is 2.69. The number of likely N-dealkylation sites (N-methyl/N-ethyl adjacent to an activating group) is 1. The van der Waals surface area contributed by atoms with E-state index in [9.17, 15) is 14.7 Å². The molecule has 1 aliphatic heterocycles. The highest BCUT2D eigenvalue weighted by Gasteiger charge is 2.41. The van der Waals surface area contributed by atoms with Crippen LogP contribution in [0.2, 0.25) is 0 Å². The maximum absolute atomic E-state index is 13.1. The van der Waals surface area contributed by atoms with E-state index in [4.69, 9.17) is 4.42 Å². The SMILES string of the molecule is Cc1c(C(=O)O)oc2ccc(NC(=O)C3C(C4CCCCC4)CCN3C)cc12. The van der Waals surface area contributed by atoms with Crippen LogP contribution in [0.3, 0.4) is 0 Å². The van der Waals surface area contributed by atoms with Crippen LogP contribution in [0.15, 0.2) is 22.6 Å². The lowest BCUT2D eigenvalue weighted by Gasteiger charge is -2.32. The number of furan rings is 1. The van der Waals surface area contributed by atoms with E-state index in [1.807, 2.05) is 13.1 Å². The normalized spacial score (nSPS) is 23.9. The number of nitrogens with zero attached hydrogens (tertiary/aromatic N) is 1. The molecule has 6 heteroatoms. The first-order valence-corrected chi connectivity index (χ1v) is 10.2. The van der Waals surface area contributed by atoms with E-state index < -0.39 is 5.97 Å². The number of hydrogen-bond donors (Lipinski definition) is 2. The van der Waals surface area contributed by atoms with Crippen LogP contribution in [0, 0.1) is 18.8 Å². The van der Waals surface area contributed by atoms with Crippen molar-refractivity contribution >= 4 is 28.5 Å². The summed E-state index contributed by atoms with van der Waals surface area (Å²) in [5, 5.41) is 13.0. The molecule has 2 fully saturated rings. The second-order valence-electron chi connectivity index (χ2n) is 8.34. The standard InChI is InChI=1S/C22H28N2O4/c1-13-17-12-15(8-9-18(17)28-20(13)22(26)27)23-21(25)19-16(10-11-24(19)2)14-6-4-3-5-7-14/h8-9,12,14,16,19H,3-7,10-11H2,1-2H3,(H,23,25)(H,26,27). The molecule has 0 spiro atoms. The quantitative estimate of drug-likeness (QED) is 0.822. The first-order valence-electron chi connectivity index (χ1n) is 10.2. The van der Waals surface area contributed by atoms with Crippen molar-refractivity contribution < 1.29 is 19.1 Å². The minimum atomic E-state index is -1.08. The monoisotopic (exact) mass is 384 g/mol. The summed E-state index contributed by atoms with van der Waals surface area (Å²) in [6, 6.07) is 5.21. The average Bonchev–Trinajstić information content (AvgIpc) is 3.23. The van der Waals surface area contributed by atoms with Crippen LogP contribution in [0.5, 0.6) is 0 Å². The number of carbonyl (C=O) groups is 2. The lowest BCUT2D eigenvalue weighted by molar-refractivity contribution is -0.121. The van der Waals surface area contributed by atoms with E-state index >= 15 is 0 Å². The van der Waals surface area contributed by atoms with Crippen LogP contribution in [-0.2, 0) is 4.79 Å². The Balaban J connectivity index is 1.55. The van der Waals surface area contributed by atoms with Crippen molar-refractivity contribution in [3.63, 3.8) is 0 Å². The number of amides is 1. The van der Waals surface area contributed by atoms with Crippen LogP contribution >= 0.6 is 0 Å². The second kappa shape index (κ2) is 7.59. The fraction of sp³-hybridized carbons (Fsp3) is 0.545. The lowest BCUT2D eigenvalue weighted by Crippen LogP contribution is -2.43. The molecule has 1 aromatic heterocycles. The van der Waals surface area contributed by atoms with Gasteiger partial charge < -0.3 is 14.8 Å². The number of hydrogen-bond acceptors (Lipinski definition) is 4. The molecule has 1 amide bonds. The summed E-state index contributed by atoms with van der Waals surface area (Å²) in [4.78, 5) is 26.6. The van der Waals surface area contributed by atoms with Crippen molar-refractivity contribution in [3.8, 4) is 0 Å². The van der Waals surface area contributed by atoms with Gasteiger partial charge in [0.05, 0.1) is 6.04 Å². The molecule has 0 bridgehead atoms. The van der Waals surface area contributed by atoms with E-state index in [2.05, 4.69) is 10.2 Å². The fourth-order valence-electron chi connectivity index (χ4n) is 5.15. The summed E-state index contributed by atoms with van der Waals surface area (Å²) in [5.74, 6) is -0.0300. The smallest absolute Gasteiger partial charge is 0.372 e. The van der Waals surface area contributed by atoms with Gasteiger partial charge in [0.2, 0.25) is 11.7 Å². The third-order valence-electron chi connectivity index (χ3n) is 6.62. The molecule has 2 N–H and O–H groups in total. The molecule has 2 aliphatic rings. The Kier molecular flexibility index (Phi) is 5.15. The third kappa shape index (κ3) is 3.41. The summed E-state index contributed by atoms with van der Waals surface area (Å²) in [5.41, 5.74) is 1.78. The minimum Gasteiger partial charge on any atom is -0.475 e. The molecule has 1 aromatic carbocycles. The molecule has 28 heavy (non-hydrogen) atoms. The fourth-order valence-corrected chi connectivity index (χ4v) is 5.15. The van der Waals surface area contributed by atoms with Crippen molar-refractivity contribution in [2.45, 2.75) is 51.5 Å². The van der Waals surface area contributed by atoms with Crippen LogP contribution in [0.25, 0.3) is 11.0 Å². The van der Waals surface area contributed by atoms with Crippen LogP contribution in [0.4, 0.5) is 5.69 Å². The molecule has 0 radical (unpaired) electrons. The van der Waals surface area contributed by atoms with Gasteiger partial charge >= 0.3 is 5.97 Å². The number of nitrogens with one attached hydrogen (secondary N) is 1. The molecule has 1 saturated carbocycles. The number of carboxylic acids is 1. The van der Waals surface area contributed by atoms with Crippen LogP contribution in [-0.4, -0.2) is 41.5 Å². The molecular weight excluding hydrogens is 356 g/mol. The number of carboxylic acid groups (broad SMARTS) is 1. The number of carbonyl (C=O) groups excluding carboxylic acids is 1. The third-order valence-corrected chi connectivity index (χ3v) is 6.62. The van der Waals surface area contributed by atoms with E-state index in [0.29, 0.717) is 28.7 Å². The number of anilines is 1. The lowest BCUT2D eigenvalue weighted by atomic mass is 9.76. The molecule has 2 heterocycles. The Bertz CT molecular complexity index is 897. The van der Waals surface area contributed by atoms with Gasteiger partial charge in [-0.1, -0.05) is 32.1 Å². The molecule has 2 unspecified atom stereocenters. The minimum absolute atomic E-state index is 0.0366. The van der Waals surface area contributed by atoms with Gasteiger partial charge in [-0.15, -0.1) is 0 Å². The van der Waals surface area contributed by atoms with Gasteiger partial charge in [-0.05, 0) is 57.0 Å². The van der Waals surface area contributed by atoms with Gasteiger partial charge in [0.25, 0.3) is 0 Å². The zero-order chi connectivity index (χ0) is 19.8. The Morgan fingerprint density at radius 1 is 1.18 bits per heavy atom. The Morgan fingerprint density at radius 2 is 1.93 bits per heavy atom. The van der Waals surface area contributed by atoms with E-state index in [1.165, 1.54) is 32.1 Å². The summed E-state index contributed by atoms with van der Waals surface area (Å²) >= 11 is 0. The molecule has 1 aliphatic carbocycles. The highest BCUT2D eigenvalue weighted by atomic mass is 16.4. The number of benzene rings is 1. The van der Waals surface area contributed by atoms with Crippen molar-refractivity contribution in [3.05, 3.63) is 29.5 Å². The zero-order valence-electron chi connectivity index (χ0n) is 16.5. The van der Waals surface area contributed by atoms with Crippen molar-refractivity contribution in [2.75, 3.05) is 18.9 Å². The first-order chi connectivity index (χ1) is 13.5. The number of aromatic carboxylic acids is 1. The largest absolute Gasteiger partial charge is 0.475 e. The van der Waals surface area contributed by atoms with E-state index in [0.717, 1.165) is 18.4 Å². The van der Waals surface area contributed by atoms with Crippen LogP contribution in [0.1, 0.15) is 54.6 Å². The van der Waals surface area contributed by atoms with Gasteiger partial charge in [0.15, 0.2) is 0 Å². The van der Waals surface area contributed by atoms with Gasteiger partial charge in [-0.3, -0.25) is 9.69 Å². The predicted octanol–water partition coefficient (Wildman–Crippen LogP) is 4.28. The number of likely N-dealkylation sites (tertiary alicyclic amines) is 1. The maximum atomic E-state index is 13.1. The van der Waals surface area contributed by atoms with Gasteiger partial charge in [-0.25, -0.2) is 4.79 Å².